The van der Waals surface area contributed by atoms with E-state index in [2.05, 4.69) is 40.6 Å². The molecule has 4 aromatic heterocycles. The van der Waals surface area contributed by atoms with Crippen LogP contribution in [-0.2, 0) is 11.8 Å². The van der Waals surface area contributed by atoms with Crippen molar-refractivity contribution >= 4 is 34.3 Å². The fourth-order valence-corrected chi connectivity index (χ4v) is 5.70. The molecule has 1 atom stereocenters. The van der Waals surface area contributed by atoms with Crippen LogP contribution in [0.2, 0.25) is 0 Å². The highest BCUT2D eigenvalue weighted by Crippen LogP contribution is 2.33. The summed E-state index contributed by atoms with van der Waals surface area (Å²) in [7, 11) is 1.89. The van der Waals surface area contributed by atoms with Crippen molar-refractivity contribution < 1.29 is 9.53 Å². The zero-order chi connectivity index (χ0) is 31.6. The molecule has 0 aliphatic carbocycles. The summed E-state index contributed by atoms with van der Waals surface area (Å²) in [5, 5.41) is 11.7. The number of H-pyrrole nitrogens is 1. The molecule has 5 heterocycles. The van der Waals surface area contributed by atoms with Gasteiger partial charge in [-0.25, -0.2) is 19.9 Å². The topological polar surface area (TPSA) is 139 Å². The van der Waals surface area contributed by atoms with E-state index in [0.29, 0.717) is 35.6 Å². The number of para-hydroxylation sites is 1. The molecule has 1 fully saturated rings. The number of carbonyl (C=O) groups is 1. The quantitative estimate of drug-likeness (QED) is 0.199. The summed E-state index contributed by atoms with van der Waals surface area (Å²) in [6.07, 6.45) is 7.91. The Kier molecular flexibility index (Phi) is 7.85. The number of ether oxygens (including phenoxy) is 1. The third kappa shape index (κ3) is 6.15. The second-order valence-corrected chi connectivity index (χ2v) is 11.5. The maximum absolute atomic E-state index is 13.2. The first-order chi connectivity index (χ1) is 22.4. The molecule has 3 N–H and O–H groups in total. The minimum atomic E-state index is -0.0878. The number of carbonyl (C=O) groups excluding carboxylic acids is 1. The van der Waals surface area contributed by atoms with Crippen LogP contribution in [0.15, 0.2) is 79.4 Å². The van der Waals surface area contributed by atoms with E-state index < -0.39 is 0 Å². The number of aryl methyl sites for hydroxylation is 3. The highest BCUT2D eigenvalue weighted by Gasteiger charge is 2.26. The Morgan fingerprint density at radius 1 is 1.04 bits per heavy atom. The smallest absolute Gasteiger partial charge is 0.238 e. The number of aromatic nitrogens is 7. The van der Waals surface area contributed by atoms with Crippen molar-refractivity contribution in [2.45, 2.75) is 26.4 Å². The van der Waals surface area contributed by atoms with E-state index >= 15 is 0 Å². The molecular weight excluding hydrogens is 580 g/mol. The van der Waals surface area contributed by atoms with Crippen LogP contribution in [0.25, 0.3) is 33.5 Å². The Hall–Kier alpha value is -5.62. The molecule has 1 amide bonds. The van der Waals surface area contributed by atoms with Gasteiger partial charge in [-0.15, -0.1) is 0 Å². The van der Waals surface area contributed by atoms with E-state index in [1.165, 1.54) is 0 Å². The Morgan fingerprint density at radius 3 is 2.65 bits per heavy atom. The lowest BCUT2D eigenvalue weighted by atomic mass is 10.1. The number of amides is 1. The van der Waals surface area contributed by atoms with Gasteiger partial charge >= 0.3 is 0 Å². The molecule has 0 unspecified atom stereocenters. The summed E-state index contributed by atoms with van der Waals surface area (Å²) < 4.78 is 7.93. The first-order valence-corrected chi connectivity index (χ1v) is 15.2. The minimum absolute atomic E-state index is 0.0365. The van der Waals surface area contributed by atoms with Crippen LogP contribution in [0, 0.1) is 13.8 Å². The van der Waals surface area contributed by atoms with E-state index in [-0.39, 0.29) is 18.6 Å². The number of aromatic amines is 1. The van der Waals surface area contributed by atoms with Crippen LogP contribution < -0.4 is 15.4 Å². The maximum atomic E-state index is 13.2. The summed E-state index contributed by atoms with van der Waals surface area (Å²) >= 11 is 0. The molecule has 2 aromatic carbocycles. The molecule has 232 valence electrons. The lowest BCUT2D eigenvalue weighted by Crippen LogP contribution is -2.33. The summed E-state index contributed by atoms with van der Waals surface area (Å²) in [5.41, 5.74) is 6.18. The van der Waals surface area contributed by atoms with Gasteiger partial charge in [0.25, 0.3) is 0 Å². The molecule has 1 aliphatic heterocycles. The summed E-state index contributed by atoms with van der Waals surface area (Å²) in [6, 6.07) is 17.6. The van der Waals surface area contributed by atoms with Crippen LogP contribution >= 0.6 is 0 Å². The molecule has 6 aromatic rings. The van der Waals surface area contributed by atoms with Gasteiger partial charge < -0.3 is 20.4 Å². The molecule has 12 nitrogen and oxygen atoms in total. The molecule has 0 saturated carbocycles. The van der Waals surface area contributed by atoms with Gasteiger partial charge in [0.1, 0.15) is 6.10 Å². The van der Waals surface area contributed by atoms with Gasteiger partial charge in [-0.1, -0.05) is 42.5 Å². The maximum Gasteiger partial charge on any atom is 0.238 e. The van der Waals surface area contributed by atoms with Crippen molar-refractivity contribution in [1.29, 1.82) is 0 Å². The molecule has 1 aliphatic rings. The SMILES string of the molecule is Cc1cnc(Nc2cc(C)n(C)n2)nc1-c1c[nH]c2c(NC(=O)CN3CC[C@H](Oc4cnc(-c5ccccc5)nc4)C3)cccc12. The van der Waals surface area contributed by atoms with Crippen LogP contribution in [0.5, 0.6) is 5.75 Å². The molecule has 0 spiro atoms. The second kappa shape index (κ2) is 12.4. The van der Waals surface area contributed by atoms with Crippen molar-refractivity contribution in [3.63, 3.8) is 0 Å². The lowest BCUT2D eigenvalue weighted by molar-refractivity contribution is -0.117. The predicted molar refractivity (Wildman–Crippen MR) is 177 cm³/mol. The number of fused-ring (bicyclic) bond motifs is 1. The third-order valence-electron chi connectivity index (χ3n) is 8.13. The summed E-state index contributed by atoms with van der Waals surface area (Å²) in [4.78, 5) is 36.8. The predicted octanol–water partition coefficient (Wildman–Crippen LogP) is 5.27. The average Bonchev–Trinajstić information content (AvgIpc) is 3.77. The monoisotopic (exact) mass is 614 g/mol. The number of anilines is 3. The molecule has 12 heteroatoms. The van der Waals surface area contributed by atoms with Gasteiger partial charge in [0, 0.05) is 60.8 Å². The van der Waals surface area contributed by atoms with E-state index in [0.717, 1.165) is 51.9 Å². The molecule has 0 bridgehead atoms. The fourth-order valence-electron chi connectivity index (χ4n) is 5.70. The van der Waals surface area contributed by atoms with Gasteiger partial charge in [0.15, 0.2) is 17.4 Å². The van der Waals surface area contributed by atoms with Crippen LogP contribution in [0.4, 0.5) is 17.5 Å². The minimum Gasteiger partial charge on any atom is -0.486 e. The van der Waals surface area contributed by atoms with Gasteiger partial charge in [-0.3, -0.25) is 14.4 Å². The number of nitrogens with zero attached hydrogens (tertiary/aromatic N) is 7. The lowest BCUT2D eigenvalue weighted by Gasteiger charge is -2.17. The zero-order valence-electron chi connectivity index (χ0n) is 25.9. The van der Waals surface area contributed by atoms with Gasteiger partial charge in [0.2, 0.25) is 11.9 Å². The summed E-state index contributed by atoms with van der Waals surface area (Å²) in [5.74, 6) is 2.34. The molecule has 46 heavy (non-hydrogen) atoms. The molecule has 1 saturated heterocycles. The Bertz CT molecular complexity index is 1980. The summed E-state index contributed by atoms with van der Waals surface area (Å²) in [6.45, 7) is 5.64. The Morgan fingerprint density at radius 2 is 1.87 bits per heavy atom. The van der Waals surface area contributed by atoms with E-state index in [4.69, 9.17) is 9.72 Å². The van der Waals surface area contributed by atoms with Crippen LogP contribution in [0.1, 0.15) is 17.7 Å². The largest absolute Gasteiger partial charge is 0.486 e. The number of rotatable bonds is 9. The van der Waals surface area contributed by atoms with Crippen molar-refractivity contribution in [3.05, 3.63) is 90.6 Å². The molecule has 0 radical (unpaired) electrons. The van der Waals surface area contributed by atoms with Gasteiger partial charge in [-0.2, -0.15) is 5.10 Å². The standard InChI is InChI=1S/C34H34N10O2/c1-21-15-38-34(40-29-14-22(2)43(3)42-29)41-31(21)27-18-35-32-26(27)10-7-11-28(32)39-30(45)20-44-13-12-24(19-44)46-25-16-36-33(37-17-25)23-8-5-4-6-9-23/h4-11,14-18,24,35H,12-13,19-20H2,1-3H3,(H,39,45)(H,38,40,41,42)/t24-/m0/s1. The Labute approximate surface area is 265 Å². The second-order valence-electron chi connectivity index (χ2n) is 11.5. The molecule has 7 rings (SSSR count). The van der Waals surface area contributed by atoms with E-state index in [1.54, 1.807) is 23.3 Å². The van der Waals surface area contributed by atoms with Crippen LogP contribution in [-0.4, -0.2) is 71.2 Å². The normalized spacial score (nSPS) is 14.9. The van der Waals surface area contributed by atoms with E-state index in [1.807, 2.05) is 81.7 Å². The van der Waals surface area contributed by atoms with Crippen molar-refractivity contribution in [3.8, 4) is 28.4 Å². The van der Waals surface area contributed by atoms with E-state index in [9.17, 15) is 4.79 Å². The number of hydrogen-bond acceptors (Lipinski definition) is 9. The van der Waals surface area contributed by atoms with Crippen molar-refractivity contribution in [1.82, 2.24) is 39.6 Å². The number of benzene rings is 2. The number of nitrogens with one attached hydrogen (secondary N) is 3. The Balaban J connectivity index is 0.989. The highest BCUT2D eigenvalue weighted by atomic mass is 16.5. The highest BCUT2D eigenvalue weighted by molar-refractivity contribution is 6.06. The van der Waals surface area contributed by atoms with Gasteiger partial charge in [-0.05, 0) is 31.9 Å². The van der Waals surface area contributed by atoms with Gasteiger partial charge in [0.05, 0.1) is 35.8 Å². The number of likely N-dealkylation sites (tertiary alicyclic amines) is 1. The fraction of sp³-hybridized carbons (Fsp3) is 0.235. The van der Waals surface area contributed by atoms with Crippen molar-refractivity contribution in [2.75, 3.05) is 30.3 Å². The number of hydrogen-bond donors (Lipinski definition) is 3. The first-order valence-electron chi connectivity index (χ1n) is 15.2. The zero-order valence-corrected chi connectivity index (χ0v) is 25.9. The van der Waals surface area contributed by atoms with Crippen molar-refractivity contribution in [2.24, 2.45) is 7.05 Å². The molecular formula is C34H34N10O2. The first kappa shape index (κ1) is 29.1. The third-order valence-corrected chi connectivity index (χ3v) is 8.13. The van der Waals surface area contributed by atoms with Crippen LogP contribution in [0.3, 0.4) is 0 Å². The average molecular weight is 615 g/mol.